The van der Waals surface area contributed by atoms with Crippen molar-refractivity contribution in [3.05, 3.63) is 90.1 Å². The second kappa shape index (κ2) is 10.5. The van der Waals surface area contributed by atoms with Crippen molar-refractivity contribution in [3.63, 3.8) is 0 Å². The second-order valence-electron chi connectivity index (χ2n) is 9.40. The van der Waals surface area contributed by atoms with E-state index in [1.807, 2.05) is 37.3 Å². The smallest absolute Gasteiger partial charge is 0.339 e. The van der Waals surface area contributed by atoms with E-state index in [0.29, 0.717) is 35.6 Å². The summed E-state index contributed by atoms with van der Waals surface area (Å²) >= 11 is 0. The number of anilines is 3. The van der Waals surface area contributed by atoms with Crippen molar-refractivity contribution in [2.24, 2.45) is 0 Å². The third kappa shape index (κ3) is 5.26. The standard InChI is InChI=1S/C28H23F3N8O2/c1-16-7-8-19(37-27(40)39-22(9-10-41-39)17-5-3-2-4-6-17)12-21(16)38-25-20(11-18(13-32-25)28(29,30)31)23-24-26(35-14-33-23)36-15-34-24/h2-8,11-15,22H,9-10H2,1H3,(H,32,38)(H,37,40)(H,33,34,35,36)/t22-/m1/s1. The maximum absolute atomic E-state index is 13.6. The molecule has 0 aliphatic carbocycles. The van der Waals surface area contributed by atoms with Gasteiger partial charge in [0.1, 0.15) is 23.4 Å². The lowest BCUT2D eigenvalue weighted by Gasteiger charge is -2.23. The minimum Gasteiger partial charge on any atom is -0.339 e. The number of nitrogens with zero attached hydrogens (tertiary/aromatic N) is 5. The van der Waals surface area contributed by atoms with E-state index in [1.165, 1.54) is 17.7 Å². The topological polar surface area (TPSA) is 121 Å². The van der Waals surface area contributed by atoms with Gasteiger partial charge in [-0.3, -0.25) is 4.84 Å². The number of nitrogens with one attached hydrogen (secondary N) is 3. The molecule has 0 bridgehead atoms. The molecule has 0 spiro atoms. The Morgan fingerprint density at radius 3 is 2.71 bits per heavy atom. The Kier molecular flexibility index (Phi) is 6.71. The van der Waals surface area contributed by atoms with Crippen molar-refractivity contribution in [2.75, 3.05) is 17.2 Å². The number of fused-ring (bicyclic) bond motifs is 1. The van der Waals surface area contributed by atoms with Gasteiger partial charge in [-0.1, -0.05) is 36.4 Å². The van der Waals surface area contributed by atoms with Crippen LogP contribution in [-0.2, 0) is 11.0 Å². The van der Waals surface area contributed by atoms with E-state index in [4.69, 9.17) is 4.84 Å². The van der Waals surface area contributed by atoms with Crippen molar-refractivity contribution in [1.82, 2.24) is 30.0 Å². The number of rotatable bonds is 5. The number of amides is 2. The molecular formula is C28H23F3N8O2. The molecule has 1 atom stereocenters. The van der Waals surface area contributed by atoms with Gasteiger partial charge in [-0.2, -0.15) is 18.2 Å². The Balaban J connectivity index is 1.31. The maximum Gasteiger partial charge on any atom is 0.417 e. The summed E-state index contributed by atoms with van der Waals surface area (Å²) in [6.45, 7) is 2.23. The minimum absolute atomic E-state index is 0.0873. The van der Waals surface area contributed by atoms with Gasteiger partial charge in [0.25, 0.3) is 0 Å². The lowest BCUT2D eigenvalue weighted by molar-refractivity contribution is -0.137. The van der Waals surface area contributed by atoms with Gasteiger partial charge in [-0.15, -0.1) is 0 Å². The molecule has 1 fully saturated rings. The summed E-state index contributed by atoms with van der Waals surface area (Å²) in [6, 6.07) is 15.1. The summed E-state index contributed by atoms with van der Waals surface area (Å²) < 4.78 is 40.9. The highest BCUT2D eigenvalue weighted by Gasteiger charge is 2.33. The summed E-state index contributed by atoms with van der Waals surface area (Å²) in [6.07, 6.45) is -0.575. The first-order valence-corrected chi connectivity index (χ1v) is 12.7. The highest BCUT2D eigenvalue weighted by atomic mass is 19.4. The zero-order valence-corrected chi connectivity index (χ0v) is 21.6. The van der Waals surface area contributed by atoms with Crippen LogP contribution in [0.2, 0.25) is 0 Å². The van der Waals surface area contributed by atoms with E-state index in [-0.39, 0.29) is 23.1 Å². The van der Waals surface area contributed by atoms with E-state index >= 15 is 0 Å². The van der Waals surface area contributed by atoms with Crippen LogP contribution in [0.15, 0.2) is 73.4 Å². The van der Waals surface area contributed by atoms with Crippen molar-refractivity contribution in [1.29, 1.82) is 0 Å². The van der Waals surface area contributed by atoms with Crippen LogP contribution < -0.4 is 10.6 Å². The molecule has 0 radical (unpaired) electrons. The van der Waals surface area contributed by atoms with Gasteiger partial charge >= 0.3 is 12.2 Å². The number of aromatic nitrogens is 5. The van der Waals surface area contributed by atoms with Crippen LogP contribution in [0, 0.1) is 6.92 Å². The number of aryl methyl sites for hydroxylation is 1. The third-order valence-electron chi connectivity index (χ3n) is 6.72. The number of aromatic amines is 1. The zero-order valence-electron chi connectivity index (χ0n) is 21.6. The summed E-state index contributed by atoms with van der Waals surface area (Å²) in [5, 5.41) is 7.29. The Morgan fingerprint density at radius 1 is 1.07 bits per heavy atom. The number of hydrogen-bond acceptors (Lipinski definition) is 7. The average Bonchev–Trinajstić information content (AvgIpc) is 3.65. The molecule has 13 heteroatoms. The number of carbonyl (C=O) groups is 1. The van der Waals surface area contributed by atoms with Crippen LogP contribution in [0.3, 0.4) is 0 Å². The predicted octanol–water partition coefficient (Wildman–Crippen LogP) is 6.40. The highest BCUT2D eigenvalue weighted by molar-refractivity contribution is 5.93. The zero-order chi connectivity index (χ0) is 28.6. The van der Waals surface area contributed by atoms with E-state index < -0.39 is 17.8 Å². The predicted molar refractivity (Wildman–Crippen MR) is 145 cm³/mol. The normalized spacial score (nSPS) is 15.3. The van der Waals surface area contributed by atoms with E-state index in [0.717, 1.165) is 23.4 Å². The number of hydrogen-bond donors (Lipinski definition) is 3. The van der Waals surface area contributed by atoms with Gasteiger partial charge in [0, 0.05) is 29.6 Å². The molecule has 2 amide bonds. The van der Waals surface area contributed by atoms with Crippen LogP contribution in [-0.4, -0.2) is 42.6 Å². The summed E-state index contributed by atoms with van der Waals surface area (Å²) in [7, 11) is 0. The highest BCUT2D eigenvalue weighted by Crippen LogP contribution is 2.37. The van der Waals surface area contributed by atoms with Gasteiger partial charge in [0.2, 0.25) is 0 Å². The third-order valence-corrected chi connectivity index (χ3v) is 6.72. The van der Waals surface area contributed by atoms with E-state index in [9.17, 15) is 18.0 Å². The largest absolute Gasteiger partial charge is 0.417 e. The molecule has 41 heavy (non-hydrogen) atoms. The summed E-state index contributed by atoms with van der Waals surface area (Å²) in [4.78, 5) is 38.2. The Morgan fingerprint density at radius 2 is 1.90 bits per heavy atom. The van der Waals surface area contributed by atoms with Gasteiger partial charge in [0.15, 0.2) is 5.65 Å². The molecule has 1 aliphatic heterocycles. The fraction of sp³-hybridized carbons (Fsp3) is 0.179. The lowest BCUT2D eigenvalue weighted by atomic mass is 10.1. The number of pyridine rings is 1. The molecule has 3 N–H and O–H groups in total. The van der Waals surface area contributed by atoms with E-state index in [1.54, 1.807) is 18.2 Å². The summed E-state index contributed by atoms with van der Waals surface area (Å²) in [5.41, 5.74) is 2.70. The van der Waals surface area contributed by atoms with Gasteiger partial charge < -0.3 is 15.6 Å². The SMILES string of the molecule is Cc1ccc(NC(=O)N2OCC[C@@H]2c2ccccc2)cc1Nc1ncc(C(F)(F)F)cc1-c1ncnc2[nH]cnc12. The molecule has 0 saturated carbocycles. The Bertz CT molecular complexity index is 1730. The first-order chi connectivity index (χ1) is 19.8. The number of urea groups is 1. The van der Waals surface area contributed by atoms with Crippen LogP contribution in [0.1, 0.15) is 29.2 Å². The quantitative estimate of drug-likeness (QED) is 0.228. The van der Waals surface area contributed by atoms with Crippen LogP contribution in [0.25, 0.3) is 22.4 Å². The number of carbonyl (C=O) groups excluding carboxylic acids is 1. The molecule has 1 saturated heterocycles. The van der Waals surface area contributed by atoms with Crippen molar-refractivity contribution < 1.29 is 22.8 Å². The number of hydroxylamine groups is 2. The van der Waals surface area contributed by atoms with Crippen molar-refractivity contribution >= 4 is 34.4 Å². The number of halogens is 3. The first kappa shape index (κ1) is 26.2. The van der Waals surface area contributed by atoms with Crippen LogP contribution in [0.4, 0.5) is 35.2 Å². The average molecular weight is 561 g/mol. The van der Waals surface area contributed by atoms with Gasteiger partial charge in [0.05, 0.1) is 24.5 Å². The molecule has 4 heterocycles. The van der Waals surface area contributed by atoms with E-state index in [2.05, 4.69) is 35.6 Å². The number of H-pyrrole nitrogens is 1. The number of imidazole rings is 1. The lowest BCUT2D eigenvalue weighted by Crippen LogP contribution is -2.33. The number of alkyl halides is 3. The number of benzene rings is 2. The molecule has 208 valence electrons. The monoisotopic (exact) mass is 560 g/mol. The second-order valence-corrected chi connectivity index (χ2v) is 9.40. The molecule has 6 rings (SSSR count). The first-order valence-electron chi connectivity index (χ1n) is 12.7. The molecule has 3 aromatic heterocycles. The molecule has 5 aromatic rings. The molecule has 1 aliphatic rings. The van der Waals surface area contributed by atoms with Crippen molar-refractivity contribution in [3.8, 4) is 11.3 Å². The van der Waals surface area contributed by atoms with Crippen LogP contribution >= 0.6 is 0 Å². The maximum atomic E-state index is 13.6. The fourth-order valence-corrected chi connectivity index (χ4v) is 4.65. The Labute approximate surface area is 231 Å². The van der Waals surface area contributed by atoms with Gasteiger partial charge in [-0.05, 0) is 36.2 Å². The molecule has 0 unspecified atom stereocenters. The van der Waals surface area contributed by atoms with Gasteiger partial charge in [-0.25, -0.2) is 24.7 Å². The summed E-state index contributed by atoms with van der Waals surface area (Å²) in [5.74, 6) is 0.125. The molecule has 2 aromatic carbocycles. The van der Waals surface area contributed by atoms with Crippen LogP contribution in [0.5, 0.6) is 0 Å². The molecular weight excluding hydrogens is 537 g/mol. The van der Waals surface area contributed by atoms with Crippen molar-refractivity contribution in [2.45, 2.75) is 25.6 Å². The Hall–Kier alpha value is -5.04. The minimum atomic E-state index is -4.62. The fourth-order valence-electron chi connectivity index (χ4n) is 4.65. The molecule has 10 nitrogen and oxygen atoms in total.